The van der Waals surface area contributed by atoms with Crippen LogP contribution in [0.1, 0.15) is 5.56 Å². The minimum atomic E-state index is -5.84. The van der Waals surface area contributed by atoms with Crippen molar-refractivity contribution < 1.29 is 45.3 Å². The van der Waals surface area contributed by atoms with Gasteiger partial charge in [0.25, 0.3) is 0 Å². The number of aliphatic carboxylic acids is 1. The zero-order valence-corrected chi connectivity index (χ0v) is 19.0. The number of nitrogens with two attached hydrogens (primary N) is 1. The molecule has 0 saturated carbocycles. The fourth-order valence-electron chi connectivity index (χ4n) is 2.40. The van der Waals surface area contributed by atoms with Gasteiger partial charge in [-0.2, -0.15) is 21.6 Å². The number of urea groups is 1. The maximum atomic E-state index is 12.5. The second-order valence-corrected chi connectivity index (χ2v) is 8.65. The Morgan fingerprint density at radius 2 is 1.71 bits per heavy atom. The van der Waals surface area contributed by atoms with Crippen molar-refractivity contribution in [1.82, 2.24) is 5.32 Å². The van der Waals surface area contributed by atoms with Crippen LogP contribution in [0.2, 0.25) is 5.02 Å². The van der Waals surface area contributed by atoms with Crippen molar-refractivity contribution in [3.05, 3.63) is 59.1 Å². The van der Waals surface area contributed by atoms with E-state index in [1.807, 2.05) is 0 Å². The van der Waals surface area contributed by atoms with Gasteiger partial charge in [0, 0.05) is 17.1 Å². The average molecular weight is 539 g/mol. The second-order valence-electron chi connectivity index (χ2n) is 6.67. The van der Waals surface area contributed by atoms with E-state index in [1.165, 1.54) is 36.4 Å². The van der Waals surface area contributed by atoms with Gasteiger partial charge in [-0.15, -0.1) is 0 Å². The second kappa shape index (κ2) is 11.6. The Morgan fingerprint density at radius 3 is 2.26 bits per heavy atom. The molecule has 0 aliphatic heterocycles. The summed E-state index contributed by atoms with van der Waals surface area (Å²) < 4.78 is 63.7. The van der Waals surface area contributed by atoms with Gasteiger partial charge in [0.1, 0.15) is 5.75 Å². The van der Waals surface area contributed by atoms with Crippen molar-refractivity contribution >= 4 is 45.2 Å². The number of rotatable bonds is 10. The number of carbonyl (C=O) groups excluding carboxylic acids is 1. The number of anilines is 1. The van der Waals surface area contributed by atoms with Crippen molar-refractivity contribution in [2.45, 2.75) is 18.0 Å². The smallest absolute Gasteiger partial charge is 0.479 e. The van der Waals surface area contributed by atoms with Crippen LogP contribution >= 0.6 is 11.6 Å². The number of oxime groups is 1. The number of hydrogen-bond donors (Lipinski definition) is 4. The largest absolute Gasteiger partial charge is 0.534 e. The molecule has 2 amide bonds. The lowest BCUT2D eigenvalue weighted by Gasteiger charge is -2.19. The number of amides is 2. The van der Waals surface area contributed by atoms with Crippen LogP contribution in [-0.4, -0.2) is 49.5 Å². The van der Waals surface area contributed by atoms with Crippen LogP contribution in [0.15, 0.2) is 53.7 Å². The number of alkyl halides is 3. The Kier molecular flexibility index (Phi) is 9.13. The standard InChI is InChI=1S/C19H18ClF3N4O7S/c20-12-3-5-13(6-4-12)25-18(30)26-15(17(24)27-33-10-16(28)29)9-11-1-7-14(8-2-11)34-35(31,32)19(21,22)23/h1-8,15H,9-10H2,(H2,24,27)(H,28,29)(H2,25,26,30)/t15-/m0/s1. The molecule has 1 atom stereocenters. The van der Waals surface area contributed by atoms with E-state index in [0.717, 1.165) is 12.1 Å². The summed E-state index contributed by atoms with van der Waals surface area (Å²) in [5.74, 6) is -2.24. The van der Waals surface area contributed by atoms with E-state index in [-0.39, 0.29) is 12.3 Å². The van der Waals surface area contributed by atoms with E-state index in [2.05, 4.69) is 24.8 Å². The molecule has 5 N–H and O–H groups in total. The molecule has 0 unspecified atom stereocenters. The topological polar surface area (TPSA) is 169 Å². The predicted molar refractivity (Wildman–Crippen MR) is 118 cm³/mol. The van der Waals surface area contributed by atoms with Gasteiger partial charge in [0.05, 0.1) is 6.04 Å². The molecule has 0 saturated heterocycles. The minimum Gasteiger partial charge on any atom is -0.479 e. The molecule has 35 heavy (non-hydrogen) atoms. The number of nitrogens with one attached hydrogen (secondary N) is 2. The molecular weight excluding hydrogens is 521 g/mol. The number of halogens is 4. The van der Waals surface area contributed by atoms with Gasteiger partial charge in [0.15, 0.2) is 5.84 Å². The number of carboxylic acid groups (broad SMARTS) is 1. The van der Waals surface area contributed by atoms with E-state index in [9.17, 15) is 31.2 Å². The highest BCUT2D eigenvalue weighted by molar-refractivity contribution is 7.88. The maximum absolute atomic E-state index is 12.5. The van der Waals surface area contributed by atoms with E-state index in [1.54, 1.807) is 0 Å². The Bertz CT molecular complexity index is 1170. The van der Waals surface area contributed by atoms with Crippen molar-refractivity contribution in [1.29, 1.82) is 0 Å². The third-order valence-electron chi connectivity index (χ3n) is 3.98. The molecule has 2 aromatic carbocycles. The molecular formula is C19H18ClF3N4O7S. The quantitative estimate of drug-likeness (QED) is 0.118. The van der Waals surface area contributed by atoms with Crippen molar-refractivity contribution in [3.63, 3.8) is 0 Å². The molecule has 16 heteroatoms. The molecule has 0 aliphatic rings. The van der Waals surface area contributed by atoms with Crippen molar-refractivity contribution in [2.75, 3.05) is 11.9 Å². The van der Waals surface area contributed by atoms with E-state index >= 15 is 0 Å². The SMILES string of the molecule is N/C(=N\OCC(=O)O)[C@H](Cc1ccc(OS(=O)(=O)C(F)(F)F)cc1)NC(=O)Nc1ccc(Cl)cc1. The Hall–Kier alpha value is -3.72. The fraction of sp³-hybridized carbons (Fsp3) is 0.211. The molecule has 0 aromatic heterocycles. The van der Waals surface area contributed by atoms with Crippen molar-refractivity contribution in [3.8, 4) is 5.75 Å². The van der Waals surface area contributed by atoms with Gasteiger partial charge in [-0.25, -0.2) is 9.59 Å². The number of nitrogens with zero attached hydrogens (tertiary/aromatic N) is 1. The maximum Gasteiger partial charge on any atom is 0.534 e. The third kappa shape index (κ3) is 8.86. The van der Waals surface area contributed by atoms with E-state index < -0.39 is 46.0 Å². The van der Waals surface area contributed by atoms with Crippen molar-refractivity contribution in [2.24, 2.45) is 10.9 Å². The highest BCUT2D eigenvalue weighted by atomic mass is 35.5. The molecule has 0 spiro atoms. The lowest BCUT2D eigenvalue weighted by Crippen LogP contribution is -2.47. The van der Waals surface area contributed by atoms with Crippen LogP contribution in [-0.2, 0) is 26.2 Å². The summed E-state index contributed by atoms with van der Waals surface area (Å²) in [6, 6.07) is 8.73. The van der Waals surface area contributed by atoms with Crippen LogP contribution in [0.5, 0.6) is 5.75 Å². The molecule has 0 radical (unpaired) electrons. The van der Waals surface area contributed by atoms with Crippen LogP contribution in [0.4, 0.5) is 23.7 Å². The summed E-state index contributed by atoms with van der Waals surface area (Å²) in [5.41, 5.74) is 0.975. The van der Waals surface area contributed by atoms with Gasteiger partial charge in [-0.1, -0.05) is 28.9 Å². The zero-order valence-electron chi connectivity index (χ0n) is 17.5. The monoisotopic (exact) mass is 538 g/mol. The van der Waals surface area contributed by atoms with E-state index in [4.69, 9.17) is 22.4 Å². The number of carboxylic acids is 1. The summed E-state index contributed by atoms with van der Waals surface area (Å²) in [7, 11) is -5.84. The Labute approximate surface area is 201 Å². The van der Waals surface area contributed by atoms with Gasteiger partial charge < -0.3 is 30.5 Å². The molecule has 11 nitrogen and oxygen atoms in total. The molecule has 2 aromatic rings. The Balaban J connectivity index is 2.15. The summed E-state index contributed by atoms with van der Waals surface area (Å²) in [4.78, 5) is 27.6. The van der Waals surface area contributed by atoms with Gasteiger partial charge in [-0.05, 0) is 42.0 Å². The van der Waals surface area contributed by atoms with E-state index in [0.29, 0.717) is 16.3 Å². The fourth-order valence-corrected chi connectivity index (χ4v) is 2.99. The Morgan fingerprint density at radius 1 is 1.11 bits per heavy atom. The van der Waals surface area contributed by atoms with Gasteiger partial charge >= 0.3 is 27.6 Å². The van der Waals surface area contributed by atoms with Crippen LogP contribution in [0.3, 0.4) is 0 Å². The van der Waals surface area contributed by atoms with Crippen LogP contribution < -0.4 is 20.6 Å². The van der Waals surface area contributed by atoms with Gasteiger partial charge in [-0.3, -0.25) is 0 Å². The molecule has 0 aliphatic carbocycles. The first-order chi connectivity index (χ1) is 16.3. The molecule has 0 heterocycles. The summed E-state index contributed by atoms with van der Waals surface area (Å²) in [6.07, 6.45) is -0.0912. The first kappa shape index (κ1) is 27.5. The number of benzene rings is 2. The lowest BCUT2D eigenvalue weighted by molar-refractivity contribution is -0.142. The summed E-state index contributed by atoms with van der Waals surface area (Å²) in [5, 5.41) is 17.5. The predicted octanol–water partition coefficient (Wildman–Crippen LogP) is 2.67. The number of amidine groups is 1. The number of carbonyl (C=O) groups is 2. The minimum absolute atomic E-state index is 0.0912. The normalized spacial score (nSPS) is 13.0. The first-order valence-electron chi connectivity index (χ1n) is 9.37. The van der Waals surface area contributed by atoms with Crippen LogP contribution in [0, 0.1) is 0 Å². The molecule has 0 bridgehead atoms. The highest BCUT2D eigenvalue weighted by Crippen LogP contribution is 2.27. The lowest BCUT2D eigenvalue weighted by atomic mass is 10.1. The summed E-state index contributed by atoms with van der Waals surface area (Å²) >= 11 is 5.79. The highest BCUT2D eigenvalue weighted by Gasteiger charge is 2.48. The zero-order chi connectivity index (χ0) is 26.2. The molecule has 190 valence electrons. The van der Waals surface area contributed by atoms with Gasteiger partial charge in [0.2, 0.25) is 6.61 Å². The number of hydrogen-bond acceptors (Lipinski definition) is 7. The first-order valence-corrected chi connectivity index (χ1v) is 11.2. The summed E-state index contributed by atoms with van der Waals surface area (Å²) in [6.45, 7) is -0.801. The molecule has 0 fully saturated rings. The van der Waals surface area contributed by atoms with Crippen LogP contribution in [0.25, 0.3) is 0 Å². The third-order valence-corrected chi connectivity index (χ3v) is 5.21. The average Bonchev–Trinajstić information content (AvgIpc) is 2.75. The molecule has 2 rings (SSSR count).